The Hall–Kier alpha value is -3.15. The second-order valence-electron chi connectivity index (χ2n) is 7.06. The molecule has 2 aromatic rings. The molecule has 3 rings (SSSR count). The van der Waals surface area contributed by atoms with Crippen LogP contribution in [0.4, 0.5) is 11.4 Å². The molecule has 1 heterocycles. The molecule has 1 atom stereocenters. The Morgan fingerprint density at radius 1 is 1.14 bits per heavy atom. The lowest BCUT2D eigenvalue weighted by Crippen LogP contribution is -2.37. The predicted molar refractivity (Wildman–Crippen MR) is 112 cm³/mol. The summed E-state index contributed by atoms with van der Waals surface area (Å²) in [5.41, 5.74) is 2.73. The Balaban J connectivity index is 1.83. The van der Waals surface area contributed by atoms with Crippen LogP contribution in [0.25, 0.3) is 0 Å². The van der Waals surface area contributed by atoms with Crippen LogP contribution in [-0.4, -0.2) is 37.5 Å². The van der Waals surface area contributed by atoms with Gasteiger partial charge in [0.2, 0.25) is 11.8 Å². The number of ether oxygens (including phenoxy) is 1. The second kappa shape index (κ2) is 8.90. The first-order chi connectivity index (χ1) is 14.0. The number of hydrogen-bond donors (Lipinski definition) is 0. The van der Waals surface area contributed by atoms with Crippen molar-refractivity contribution >= 4 is 29.2 Å². The number of esters is 1. The molecular formula is C23H26N2O4. The van der Waals surface area contributed by atoms with E-state index in [1.165, 1.54) is 4.90 Å². The average Bonchev–Trinajstić information content (AvgIpc) is 3.10. The molecule has 2 amide bonds. The van der Waals surface area contributed by atoms with Crippen LogP contribution in [0.3, 0.4) is 0 Å². The van der Waals surface area contributed by atoms with Crippen LogP contribution in [0.5, 0.6) is 0 Å². The highest BCUT2D eigenvalue weighted by molar-refractivity contribution is 6.07. The van der Waals surface area contributed by atoms with Crippen molar-refractivity contribution < 1.29 is 19.1 Å². The minimum Gasteiger partial charge on any atom is -0.462 e. The molecular weight excluding hydrogens is 368 g/mol. The van der Waals surface area contributed by atoms with Gasteiger partial charge >= 0.3 is 5.97 Å². The number of anilines is 2. The number of benzene rings is 2. The first-order valence-corrected chi connectivity index (χ1v) is 9.90. The highest BCUT2D eigenvalue weighted by atomic mass is 16.5. The summed E-state index contributed by atoms with van der Waals surface area (Å²) in [6, 6.07) is 14.6. The van der Waals surface area contributed by atoms with E-state index in [4.69, 9.17) is 4.74 Å². The van der Waals surface area contributed by atoms with Crippen molar-refractivity contribution in [3.63, 3.8) is 0 Å². The molecule has 0 spiro atoms. The summed E-state index contributed by atoms with van der Waals surface area (Å²) >= 11 is 0. The second-order valence-corrected chi connectivity index (χ2v) is 7.06. The normalized spacial score (nSPS) is 16.0. The number of aryl methyl sites for hydroxylation is 1. The molecule has 2 aromatic carbocycles. The van der Waals surface area contributed by atoms with Gasteiger partial charge in [0.15, 0.2) is 0 Å². The zero-order valence-electron chi connectivity index (χ0n) is 17.1. The summed E-state index contributed by atoms with van der Waals surface area (Å²) in [5.74, 6) is -1.18. The number of para-hydroxylation sites is 1. The van der Waals surface area contributed by atoms with E-state index in [1.807, 2.05) is 38.1 Å². The van der Waals surface area contributed by atoms with Crippen LogP contribution in [0.15, 0.2) is 48.5 Å². The van der Waals surface area contributed by atoms with E-state index >= 15 is 0 Å². The quantitative estimate of drug-likeness (QED) is 0.703. The van der Waals surface area contributed by atoms with E-state index in [0.717, 1.165) is 11.3 Å². The molecule has 6 heteroatoms. The maximum atomic E-state index is 13.2. The van der Waals surface area contributed by atoms with Crippen LogP contribution >= 0.6 is 0 Å². The van der Waals surface area contributed by atoms with Gasteiger partial charge in [-0.1, -0.05) is 24.3 Å². The Bertz CT molecular complexity index is 925. The van der Waals surface area contributed by atoms with E-state index < -0.39 is 11.9 Å². The minimum absolute atomic E-state index is 0.0810. The summed E-state index contributed by atoms with van der Waals surface area (Å²) in [5, 5.41) is 0. The van der Waals surface area contributed by atoms with Gasteiger partial charge in [0.25, 0.3) is 0 Å². The first kappa shape index (κ1) is 20.6. The molecule has 1 unspecified atom stereocenters. The van der Waals surface area contributed by atoms with E-state index in [9.17, 15) is 14.4 Å². The lowest BCUT2D eigenvalue weighted by atomic mass is 10.1. The molecule has 29 heavy (non-hydrogen) atoms. The van der Waals surface area contributed by atoms with Crippen molar-refractivity contribution in [3.8, 4) is 0 Å². The van der Waals surface area contributed by atoms with Gasteiger partial charge in [-0.3, -0.25) is 9.59 Å². The number of hydrogen-bond acceptors (Lipinski definition) is 4. The predicted octanol–water partition coefficient (Wildman–Crippen LogP) is 3.58. The highest BCUT2D eigenvalue weighted by Gasteiger charge is 2.38. The SMILES string of the molecule is CCOC(=O)c1ccccc1N1CC(C(=O)N(CC)c2cccc(C)c2)CC1=O. The number of nitrogens with zero attached hydrogens (tertiary/aromatic N) is 2. The Labute approximate surface area is 171 Å². The van der Waals surface area contributed by atoms with Gasteiger partial charge in [-0.15, -0.1) is 0 Å². The summed E-state index contributed by atoms with van der Waals surface area (Å²) in [7, 11) is 0. The van der Waals surface area contributed by atoms with Gasteiger partial charge in [-0.05, 0) is 50.6 Å². The molecule has 0 aromatic heterocycles. The van der Waals surface area contributed by atoms with Gasteiger partial charge in [0, 0.05) is 25.2 Å². The molecule has 0 bridgehead atoms. The Morgan fingerprint density at radius 2 is 1.90 bits per heavy atom. The van der Waals surface area contributed by atoms with Gasteiger partial charge in [0.05, 0.1) is 23.8 Å². The summed E-state index contributed by atoms with van der Waals surface area (Å²) in [6.07, 6.45) is 0.123. The topological polar surface area (TPSA) is 66.9 Å². The largest absolute Gasteiger partial charge is 0.462 e. The monoisotopic (exact) mass is 394 g/mol. The molecule has 1 aliphatic heterocycles. The number of amides is 2. The van der Waals surface area contributed by atoms with Crippen molar-refractivity contribution in [1.82, 2.24) is 0 Å². The van der Waals surface area contributed by atoms with Crippen LogP contribution in [0.1, 0.15) is 36.2 Å². The number of rotatable bonds is 6. The standard InChI is InChI=1S/C23H26N2O4/c1-4-24(18-10-8-9-16(3)13-18)22(27)17-14-21(26)25(15-17)20-12-7-6-11-19(20)23(28)29-5-2/h6-13,17H,4-5,14-15H2,1-3H3. The highest BCUT2D eigenvalue weighted by Crippen LogP contribution is 2.30. The Morgan fingerprint density at radius 3 is 2.59 bits per heavy atom. The fraction of sp³-hybridized carbons (Fsp3) is 0.348. The van der Waals surface area contributed by atoms with Crippen LogP contribution in [-0.2, 0) is 14.3 Å². The van der Waals surface area contributed by atoms with Crippen LogP contribution < -0.4 is 9.80 Å². The molecule has 0 saturated carbocycles. The molecule has 6 nitrogen and oxygen atoms in total. The van der Waals surface area contributed by atoms with Gasteiger partial charge < -0.3 is 14.5 Å². The van der Waals surface area contributed by atoms with Gasteiger partial charge in [-0.25, -0.2) is 4.79 Å². The van der Waals surface area contributed by atoms with Gasteiger partial charge in [0.1, 0.15) is 0 Å². The van der Waals surface area contributed by atoms with Gasteiger partial charge in [-0.2, -0.15) is 0 Å². The molecule has 1 aliphatic rings. The molecule has 152 valence electrons. The molecule has 1 saturated heterocycles. The minimum atomic E-state index is -0.472. The number of carbonyl (C=O) groups excluding carboxylic acids is 3. The van der Waals surface area contributed by atoms with Crippen molar-refractivity contribution in [2.75, 3.05) is 29.5 Å². The molecule has 0 N–H and O–H groups in total. The van der Waals surface area contributed by atoms with E-state index in [2.05, 4.69) is 0 Å². The summed E-state index contributed by atoms with van der Waals surface area (Å²) in [6.45, 7) is 6.66. The van der Waals surface area contributed by atoms with E-state index in [1.54, 1.807) is 36.1 Å². The maximum absolute atomic E-state index is 13.2. The van der Waals surface area contributed by atoms with Crippen molar-refractivity contribution in [1.29, 1.82) is 0 Å². The molecule has 0 aliphatic carbocycles. The van der Waals surface area contributed by atoms with Crippen molar-refractivity contribution in [2.45, 2.75) is 27.2 Å². The molecule has 0 radical (unpaired) electrons. The lowest BCUT2D eigenvalue weighted by Gasteiger charge is -2.25. The number of carbonyl (C=O) groups is 3. The maximum Gasteiger partial charge on any atom is 0.340 e. The lowest BCUT2D eigenvalue weighted by molar-refractivity contribution is -0.124. The van der Waals surface area contributed by atoms with E-state index in [-0.39, 0.29) is 31.4 Å². The first-order valence-electron chi connectivity index (χ1n) is 9.90. The van der Waals surface area contributed by atoms with Crippen molar-refractivity contribution in [3.05, 3.63) is 59.7 Å². The van der Waals surface area contributed by atoms with Crippen LogP contribution in [0, 0.1) is 12.8 Å². The van der Waals surface area contributed by atoms with E-state index in [0.29, 0.717) is 17.8 Å². The fourth-order valence-corrected chi connectivity index (χ4v) is 3.68. The smallest absolute Gasteiger partial charge is 0.340 e. The third-order valence-corrected chi connectivity index (χ3v) is 5.06. The van der Waals surface area contributed by atoms with Crippen molar-refractivity contribution in [2.24, 2.45) is 5.92 Å². The third-order valence-electron chi connectivity index (χ3n) is 5.06. The molecule has 1 fully saturated rings. The summed E-state index contributed by atoms with van der Waals surface area (Å²) < 4.78 is 5.11. The average molecular weight is 394 g/mol. The summed E-state index contributed by atoms with van der Waals surface area (Å²) in [4.78, 5) is 41.4. The third kappa shape index (κ3) is 4.31. The Kier molecular flexibility index (Phi) is 6.32. The zero-order valence-corrected chi connectivity index (χ0v) is 17.1. The van der Waals surface area contributed by atoms with Crippen LogP contribution in [0.2, 0.25) is 0 Å². The fourth-order valence-electron chi connectivity index (χ4n) is 3.68. The zero-order chi connectivity index (χ0) is 21.0.